The van der Waals surface area contributed by atoms with Crippen LogP contribution in [-0.4, -0.2) is 43.5 Å². The Balaban J connectivity index is 2.27. The molecule has 0 heterocycles. The largest absolute Gasteiger partial charge is 0.355 e. The van der Waals surface area contributed by atoms with Crippen LogP contribution in [0.1, 0.15) is 33.1 Å². The fourth-order valence-electron chi connectivity index (χ4n) is 2.54. The summed E-state index contributed by atoms with van der Waals surface area (Å²) in [6.45, 7) is 6.97. The molecular weight excluding hydrogens is 214 g/mol. The lowest BCUT2D eigenvalue weighted by molar-refractivity contribution is -0.126. The lowest BCUT2D eigenvalue weighted by atomic mass is 9.79. The number of amides is 1. The second kappa shape index (κ2) is 6.97. The van der Waals surface area contributed by atoms with Crippen LogP contribution in [0, 0.1) is 11.8 Å². The number of rotatable bonds is 5. The molecule has 1 saturated carbocycles. The lowest BCUT2D eigenvalue weighted by Gasteiger charge is -2.30. The number of nitrogens with two attached hydrogens (primary N) is 1. The van der Waals surface area contributed by atoms with Gasteiger partial charge in [-0.1, -0.05) is 13.8 Å². The highest BCUT2D eigenvalue weighted by Gasteiger charge is 2.28. The zero-order chi connectivity index (χ0) is 12.8. The molecule has 1 amide bonds. The second-order valence-corrected chi connectivity index (χ2v) is 5.46. The van der Waals surface area contributed by atoms with Crippen molar-refractivity contribution >= 4 is 5.91 Å². The van der Waals surface area contributed by atoms with Crippen molar-refractivity contribution in [3.63, 3.8) is 0 Å². The van der Waals surface area contributed by atoms with E-state index < -0.39 is 0 Å². The Morgan fingerprint density at radius 1 is 1.41 bits per heavy atom. The predicted molar refractivity (Wildman–Crippen MR) is 70.7 cm³/mol. The van der Waals surface area contributed by atoms with Gasteiger partial charge in [0.1, 0.15) is 0 Å². The van der Waals surface area contributed by atoms with E-state index in [-0.39, 0.29) is 17.9 Å². The van der Waals surface area contributed by atoms with Crippen LogP contribution in [0.5, 0.6) is 0 Å². The average molecular weight is 241 g/mol. The molecule has 4 nitrogen and oxygen atoms in total. The van der Waals surface area contributed by atoms with Gasteiger partial charge in [-0.15, -0.1) is 0 Å². The maximum atomic E-state index is 12.0. The van der Waals surface area contributed by atoms with Gasteiger partial charge in [0, 0.05) is 25.0 Å². The first kappa shape index (κ1) is 14.5. The summed E-state index contributed by atoms with van der Waals surface area (Å²) in [5, 5.41) is 3.02. The number of nitrogens with zero attached hydrogens (tertiary/aromatic N) is 1. The number of hydrogen-bond donors (Lipinski definition) is 2. The smallest absolute Gasteiger partial charge is 0.223 e. The van der Waals surface area contributed by atoms with Gasteiger partial charge in [-0.3, -0.25) is 4.79 Å². The molecule has 0 aromatic rings. The Hall–Kier alpha value is -0.610. The number of carbonyl (C=O) groups is 1. The van der Waals surface area contributed by atoms with E-state index in [0.717, 1.165) is 38.9 Å². The summed E-state index contributed by atoms with van der Waals surface area (Å²) in [5.41, 5.74) is 5.96. The van der Waals surface area contributed by atoms with Crippen LogP contribution >= 0.6 is 0 Å². The molecule has 1 aliphatic carbocycles. The van der Waals surface area contributed by atoms with E-state index in [9.17, 15) is 4.79 Å². The Bertz CT molecular complexity index is 235. The van der Waals surface area contributed by atoms with Crippen molar-refractivity contribution in [1.29, 1.82) is 0 Å². The second-order valence-electron chi connectivity index (χ2n) is 5.46. The summed E-state index contributed by atoms with van der Waals surface area (Å²) in [6, 6.07) is 0.202. The molecule has 100 valence electrons. The van der Waals surface area contributed by atoms with Gasteiger partial charge in [0.05, 0.1) is 0 Å². The third-order valence-corrected chi connectivity index (χ3v) is 3.68. The number of likely N-dealkylation sites (N-methyl/N-ethyl adjacent to an activating group) is 1. The van der Waals surface area contributed by atoms with Crippen LogP contribution in [0.3, 0.4) is 0 Å². The fraction of sp³-hybridized carbons (Fsp3) is 0.923. The van der Waals surface area contributed by atoms with Crippen molar-refractivity contribution in [2.75, 3.05) is 26.7 Å². The molecule has 4 heteroatoms. The standard InChI is InChI=1S/C13H27N3O/c1-4-16(3)6-5-15-13(17)11-7-10(2)8-12(14)9-11/h10-12H,4-9,14H2,1-3H3,(H,15,17). The van der Waals surface area contributed by atoms with Gasteiger partial charge >= 0.3 is 0 Å². The molecule has 1 aliphatic rings. The molecular formula is C13H27N3O. The van der Waals surface area contributed by atoms with Crippen molar-refractivity contribution in [3.8, 4) is 0 Å². The SMILES string of the molecule is CCN(C)CCNC(=O)C1CC(C)CC(N)C1. The van der Waals surface area contributed by atoms with E-state index >= 15 is 0 Å². The van der Waals surface area contributed by atoms with Gasteiger partial charge < -0.3 is 16.0 Å². The molecule has 0 aliphatic heterocycles. The minimum Gasteiger partial charge on any atom is -0.355 e. The van der Waals surface area contributed by atoms with E-state index in [1.165, 1.54) is 0 Å². The van der Waals surface area contributed by atoms with Gasteiger partial charge in [-0.05, 0) is 38.8 Å². The summed E-state index contributed by atoms with van der Waals surface area (Å²) in [4.78, 5) is 14.2. The maximum Gasteiger partial charge on any atom is 0.223 e. The molecule has 3 N–H and O–H groups in total. The van der Waals surface area contributed by atoms with Crippen LogP contribution in [-0.2, 0) is 4.79 Å². The summed E-state index contributed by atoms with van der Waals surface area (Å²) >= 11 is 0. The Kier molecular flexibility index (Phi) is 5.92. The van der Waals surface area contributed by atoms with E-state index in [2.05, 4.69) is 31.1 Å². The molecule has 1 rings (SSSR count). The van der Waals surface area contributed by atoms with Crippen molar-refractivity contribution in [2.45, 2.75) is 39.2 Å². The summed E-state index contributed by atoms with van der Waals surface area (Å²) in [7, 11) is 2.06. The zero-order valence-corrected chi connectivity index (χ0v) is 11.4. The van der Waals surface area contributed by atoms with Crippen molar-refractivity contribution < 1.29 is 4.79 Å². The highest BCUT2D eigenvalue weighted by molar-refractivity contribution is 5.78. The summed E-state index contributed by atoms with van der Waals surface area (Å²) in [6.07, 6.45) is 2.89. The average Bonchev–Trinajstić information content (AvgIpc) is 2.27. The first-order valence-corrected chi connectivity index (χ1v) is 6.74. The lowest BCUT2D eigenvalue weighted by Crippen LogP contribution is -2.42. The Morgan fingerprint density at radius 2 is 2.12 bits per heavy atom. The van der Waals surface area contributed by atoms with Gasteiger partial charge in [0.15, 0.2) is 0 Å². The quantitative estimate of drug-likeness (QED) is 0.749. The Morgan fingerprint density at radius 3 is 2.71 bits per heavy atom. The first-order valence-electron chi connectivity index (χ1n) is 6.74. The highest BCUT2D eigenvalue weighted by Crippen LogP contribution is 2.27. The molecule has 0 aromatic heterocycles. The predicted octanol–water partition coefficient (Wildman–Crippen LogP) is 0.818. The normalized spacial score (nSPS) is 29.4. The van der Waals surface area contributed by atoms with E-state index in [1.54, 1.807) is 0 Å². The van der Waals surface area contributed by atoms with Crippen LogP contribution < -0.4 is 11.1 Å². The first-order chi connectivity index (χ1) is 8.02. The minimum atomic E-state index is 0.126. The highest BCUT2D eigenvalue weighted by atomic mass is 16.1. The van der Waals surface area contributed by atoms with E-state index in [0.29, 0.717) is 5.92 Å². The zero-order valence-electron chi connectivity index (χ0n) is 11.4. The van der Waals surface area contributed by atoms with Crippen LogP contribution in [0.4, 0.5) is 0 Å². The van der Waals surface area contributed by atoms with Crippen LogP contribution in [0.25, 0.3) is 0 Å². The molecule has 0 saturated heterocycles. The van der Waals surface area contributed by atoms with Gasteiger partial charge in [-0.25, -0.2) is 0 Å². The third-order valence-electron chi connectivity index (χ3n) is 3.68. The summed E-state index contributed by atoms with van der Waals surface area (Å²) < 4.78 is 0. The minimum absolute atomic E-state index is 0.126. The Labute approximate surface area is 105 Å². The van der Waals surface area contributed by atoms with Crippen LogP contribution in [0.15, 0.2) is 0 Å². The number of hydrogen-bond acceptors (Lipinski definition) is 3. The van der Waals surface area contributed by atoms with Gasteiger partial charge in [-0.2, -0.15) is 0 Å². The molecule has 0 spiro atoms. The van der Waals surface area contributed by atoms with E-state index in [1.807, 2.05) is 0 Å². The molecule has 0 bridgehead atoms. The van der Waals surface area contributed by atoms with Crippen molar-refractivity contribution in [2.24, 2.45) is 17.6 Å². The topological polar surface area (TPSA) is 58.4 Å². The van der Waals surface area contributed by atoms with Gasteiger partial charge in [0.25, 0.3) is 0 Å². The number of nitrogens with one attached hydrogen (secondary N) is 1. The van der Waals surface area contributed by atoms with Gasteiger partial charge in [0.2, 0.25) is 5.91 Å². The molecule has 0 aromatic carbocycles. The number of carbonyl (C=O) groups excluding carboxylic acids is 1. The maximum absolute atomic E-state index is 12.0. The van der Waals surface area contributed by atoms with E-state index in [4.69, 9.17) is 5.73 Å². The summed E-state index contributed by atoms with van der Waals surface area (Å²) in [5.74, 6) is 0.894. The molecule has 17 heavy (non-hydrogen) atoms. The molecule has 3 atom stereocenters. The van der Waals surface area contributed by atoms with Crippen LogP contribution in [0.2, 0.25) is 0 Å². The molecule has 1 fully saturated rings. The fourth-order valence-corrected chi connectivity index (χ4v) is 2.54. The van der Waals surface area contributed by atoms with Crippen molar-refractivity contribution in [3.05, 3.63) is 0 Å². The third kappa shape index (κ3) is 5.04. The molecule has 3 unspecified atom stereocenters. The molecule has 0 radical (unpaired) electrons. The monoisotopic (exact) mass is 241 g/mol. The van der Waals surface area contributed by atoms with Crippen molar-refractivity contribution in [1.82, 2.24) is 10.2 Å².